The average molecular weight is 286 g/mol. The maximum Gasteiger partial charge on any atom is 0.241 e. The fourth-order valence-electron chi connectivity index (χ4n) is 2.71. The lowest BCUT2D eigenvalue weighted by Crippen LogP contribution is -2.43. The van der Waals surface area contributed by atoms with E-state index in [-0.39, 0.29) is 12.2 Å². The summed E-state index contributed by atoms with van der Waals surface area (Å²) in [5, 5.41) is 3.53. The number of hydrogen-bond acceptors (Lipinski definition) is 3. The number of carbonyl (C=O) groups is 1. The number of nitrogens with zero attached hydrogens (tertiary/aromatic N) is 1. The lowest BCUT2D eigenvalue weighted by molar-refractivity contribution is -0.132. The second-order valence-corrected chi connectivity index (χ2v) is 7.17. The first-order valence-electron chi connectivity index (χ1n) is 7.68. The summed E-state index contributed by atoms with van der Waals surface area (Å²) < 4.78 is 0. The Balaban J connectivity index is 2.67. The van der Waals surface area contributed by atoms with Crippen molar-refractivity contribution in [1.82, 2.24) is 10.2 Å². The van der Waals surface area contributed by atoms with Crippen molar-refractivity contribution in [3.05, 3.63) is 0 Å². The van der Waals surface area contributed by atoms with Crippen LogP contribution in [0.3, 0.4) is 0 Å². The third kappa shape index (κ3) is 4.38. The number of hydrogen-bond donors (Lipinski definition) is 1. The summed E-state index contributed by atoms with van der Waals surface area (Å²) in [7, 11) is 0. The molecule has 0 bridgehead atoms. The van der Waals surface area contributed by atoms with Gasteiger partial charge in [-0.3, -0.25) is 10.1 Å². The van der Waals surface area contributed by atoms with Gasteiger partial charge in [0.25, 0.3) is 0 Å². The van der Waals surface area contributed by atoms with E-state index in [0.29, 0.717) is 17.9 Å². The van der Waals surface area contributed by atoms with Crippen molar-refractivity contribution in [2.24, 2.45) is 5.92 Å². The van der Waals surface area contributed by atoms with Crippen LogP contribution in [-0.4, -0.2) is 40.6 Å². The summed E-state index contributed by atoms with van der Waals surface area (Å²) in [6.45, 7) is 10.8. The Labute approximate surface area is 122 Å². The van der Waals surface area contributed by atoms with E-state index < -0.39 is 0 Å². The van der Waals surface area contributed by atoms with Gasteiger partial charge < -0.3 is 4.90 Å². The molecular weight excluding hydrogens is 256 g/mol. The van der Waals surface area contributed by atoms with Gasteiger partial charge in [-0.2, -0.15) is 11.8 Å². The molecule has 0 radical (unpaired) electrons. The number of rotatable bonds is 8. The molecule has 3 atom stereocenters. The second-order valence-electron chi connectivity index (χ2n) is 5.77. The van der Waals surface area contributed by atoms with E-state index in [9.17, 15) is 4.79 Å². The first kappa shape index (κ1) is 16.8. The topological polar surface area (TPSA) is 32.3 Å². The third-order valence-corrected chi connectivity index (χ3v) is 4.75. The number of nitrogens with one attached hydrogen (secondary N) is 1. The molecule has 0 aromatic rings. The summed E-state index contributed by atoms with van der Waals surface area (Å²) in [5.74, 6) is 2.98. The summed E-state index contributed by atoms with van der Waals surface area (Å²) in [6, 6.07) is 0.358. The van der Waals surface area contributed by atoms with Crippen LogP contribution in [0, 0.1) is 5.92 Å². The molecule has 1 aliphatic rings. The molecule has 1 amide bonds. The van der Waals surface area contributed by atoms with Gasteiger partial charge in [-0.05, 0) is 37.2 Å². The minimum atomic E-state index is 0.0119. The second kappa shape index (κ2) is 8.15. The minimum absolute atomic E-state index is 0.0119. The fourth-order valence-corrected chi connectivity index (χ4v) is 3.50. The maximum atomic E-state index is 12.6. The minimum Gasteiger partial charge on any atom is -0.323 e. The zero-order valence-electron chi connectivity index (χ0n) is 13.1. The van der Waals surface area contributed by atoms with E-state index in [1.807, 2.05) is 11.8 Å². The highest BCUT2D eigenvalue weighted by molar-refractivity contribution is 7.99. The molecular formula is C15H30N2OS. The van der Waals surface area contributed by atoms with Gasteiger partial charge in [-0.1, -0.05) is 34.1 Å². The Morgan fingerprint density at radius 3 is 2.53 bits per heavy atom. The van der Waals surface area contributed by atoms with Crippen LogP contribution in [0.1, 0.15) is 53.9 Å². The van der Waals surface area contributed by atoms with Gasteiger partial charge in [-0.25, -0.2) is 0 Å². The molecule has 4 heteroatoms. The Hall–Kier alpha value is -0.220. The van der Waals surface area contributed by atoms with Crippen LogP contribution in [0.2, 0.25) is 0 Å². The average Bonchev–Trinajstić information content (AvgIpc) is 2.67. The Bertz CT molecular complexity index is 283. The van der Waals surface area contributed by atoms with Gasteiger partial charge in [-0.15, -0.1) is 0 Å². The molecule has 0 aromatic heterocycles. The van der Waals surface area contributed by atoms with Crippen molar-refractivity contribution in [2.45, 2.75) is 72.1 Å². The molecule has 0 spiro atoms. The smallest absolute Gasteiger partial charge is 0.241 e. The van der Waals surface area contributed by atoms with E-state index in [2.05, 4.69) is 44.8 Å². The fraction of sp³-hybridized carbons (Fsp3) is 0.933. The number of thioether (sulfide) groups is 1. The highest BCUT2D eigenvalue weighted by Gasteiger charge is 2.41. The van der Waals surface area contributed by atoms with Crippen molar-refractivity contribution in [3.8, 4) is 0 Å². The molecule has 1 heterocycles. The molecule has 112 valence electrons. The van der Waals surface area contributed by atoms with E-state index in [4.69, 9.17) is 0 Å². The highest BCUT2D eigenvalue weighted by atomic mass is 32.2. The molecule has 1 fully saturated rings. The van der Waals surface area contributed by atoms with Gasteiger partial charge in [0.15, 0.2) is 0 Å². The SMILES string of the molecule is CCCC1NC(C(C)C)C(=O)N1C(C)CCSCC. The lowest BCUT2D eigenvalue weighted by atomic mass is 10.0. The van der Waals surface area contributed by atoms with E-state index in [0.717, 1.165) is 30.8 Å². The first-order chi connectivity index (χ1) is 9.02. The van der Waals surface area contributed by atoms with E-state index >= 15 is 0 Å². The van der Waals surface area contributed by atoms with E-state index in [1.54, 1.807) is 0 Å². The zero-order valence-corrected chi connectivity index (χ0v) is 13.9. The van der Waals surface area contributed by atoms with Gasteiger partial charge in [0.2, 0.25) is 5.91 Å². The molecule has 1 saturated heterocycles. The molecule has 19 heavy (non-hydrogen) atoms. The largest absolute Gasteiger partial charge is 0.323 e. The quantitative estimate of drug-likeness (QED) is 0.696. The van der Waals surface area contributed by atoms with Crippen molar-refractivity contribution in [3.63, 3.8) is 0 Å². The summed E-state index contributed by atoms with van der Waals surface area (Å²) >= 11 is 1.96. The molecule has 0 saturated carbocycles. The van der Waals surface area contributed by atoms with Crippen molar-refractivity contribution in [2.75, 3.05) is 11.5 Å². The van der Waals surface area contributed by atoms with E-state index in [1.165, 1.54) is 0 Å². The monoisotopic (exact) mass is 286 g/mol. The summed E-state index contributed by atoms with van der Waals surface area (Å²) in [5.41, 5.74) is 0. The van der Waals surface area contributed by atoms with Crippen LogP contribution < -0.4 is 5.32 Å². The number of amides is 1. The maximum absolute atomic E-state index is 12.6. The normalized spacial score (nSPS) is 25.4. The molecule has 0 aromatic carbocycles. The molecule has 3 unspecified atom stereocenters. The van der Waals surface area contributed by atoms with Crippen LogP contribution in [0.15, 0.2) is 0 Å². The van der Waals surface area contributed by atoms with Gasteiger partial charge in [0.05, 0.1) is 12.2 Å². The number of carbonyl (C=O) groups excluding carboxylic acids is 1. The van der Waals surface area contributed by atoms with Crippen LogP contribution in [-0.2, 0) is 4.79 Å². The Kier molecular flexibility index (Phi) is 7.22. The Morgan fingerprint density at radius 2 is 2.00 bits per heavy atom. The molecule has 1 rings (SSSR count). The molecule has 0 aliphatic carbocycles. The van der Waals surface area contributed by atoms with Crippen molar-refractivity contribution < 1.29 is 4.79 Å². The molecule has 3 nitrogen and oxygen atoms in total. The predicted molar refractivity (Wildman–Crippen MR) is 84.4 cm³/mol. The Morgan fingerprint density at radius 1 is 1.32 bits per heavy atom. The van der Waals surface area contributed by atoms with Gasteiger partial charge in [0.1, 0.15) is 0 Å². The first-order valence-corrected chi connectivity index (χ1v) is 8.84. The molecule has 1 N–H and O–H groups in total. The van der Waals surface area contributed by atoms with Crippen molar-refractivity contribution in [1.29, 1.82) is 0 Å². The van der Waals surface area contributed by atoms with Gasteiger partial charge in [0, 0.05) is 6.04 Å². The van der Waals surface area contributed by atoms with Crippen LogP contribution >= 0.6 is 11.8 Å². The lowest BCUT2D eigenvalue weighted by Gasteiger charge is -2.30. The van der Waals surface area contributed by atoms with Crippen molar-refractivity contribution >= 4 is 17.7 Å². The van der Waals surface area contributed by atoms with Gasteiger partial charge >= 0.3 is 0 Å². The predicted octanol–water partition coefficient (Wildman–Crippen LogP) is 3.10. The van der Waals surface area contributed by atoms with Crippen LogP contribution in [0.5, 0.6) is 0 Å². The summed E-state index contributed by atoms with van der Waals surface area (Å²) in [6.07, 6.45) is 3.51. The standard InChI is InChI=1S/C15H30N2OS/c1-6-8-13-16-14(11(3)4)15(18)17(13)12(5)9-10-19-7-2/h11-14,16H,6-10H2,1-5H3. The zero-order chi connectivity index (χ0) is 14.4. The molecule has 1 aliphatic heterocycles. The third-order valence-electron chi connectivity index (χ3n) is 3.82. The van der Waals surface area contributed by atoms with Crippen LogP contribution in [0.25, 0.3) is 0 Å². The summed E-state index contributed by atoms with van der Waals surface area (Å²) in [4.78, 5) is 14.7. The highest BCUT2D eigenvalue weighted by Crippen LogP contribution is 2.24. The van der Waals surface area contributed by atoms with Crippen LogP contribution in [0.4, 0.5) is 0 Å².